The second kappa shape index (κ2) is 9.29. The number of aliphatic hydroxyl groups excluding tert-OH is 1. The molecule has 0 unspecified atom stereocenters. The van der Waals surface area contributed by atoms with Crippen LogP contribution in [0.15, 0.2) is 73.0 Å². The number of hydrogen-bond acceptors (Lipinski definition) is 5. The number of ketones is 1. The van der Waals surface area contributed by atoms with Gasteiger partial charge in [-0.3, -0.25) is 14.9 Å². The molecule has 2 aromatic carbocycles. The minimum Gasteiger partial charge on any atom is -0.504 e. The largest absolute Gasteiger partial charge is 0.504 e. The van der Waals surface area contributed by atoms with Crippen LogP contribution < -0.4 is 5.32 Å². The van der Waals surface area contributed by atoms with Gasteiger partial charge in [-0.05, 0) is 41.2 Å². The Morgan fingerprint density at radius 2 is 1.68 bits per heavy atom. The third kappa shape index (κ3) is 4.45. The van der Waals surface area contributed by atoms with Crippen molar-refractivity contribution in [1.82, 2.24) is 10.2 Å². The summed E-state index contributed by atoms with van der Waals surface area (Å²) in [6.45, 7) is 4.41. The molecule has 2 aliphatic rings. The molecule has 160 valence electrons. The molecule has 0 radical (unpaired) electrons. The van der Waals surface area contributed by atoms with Crippen molar-refractivity contribution >= 4 is 11.7 Å². The van der Waals surface area contributed by atoms with Crippen LogP contribution in [0.3, 0.4) is 0 Å². The molecule has 0 saturated carbocycles. The number of rotatable bonds is 5. The number of hydrogen-bond donors (Lipinski definition) is 2. The topological polar surface area (TPSA) is 78.9 Å². The maximum absolute atomic E-state index is 12.8. The highest BCUT2D eigenvalue weighted by Crippen LogP contribution is 2.33. The van der Waals surface area contributed by atoms with Crippen LogP contribution in [0.25, 0.3) is 0 Å². The lowest BCUT2D eigenvalue weighted by molar-refractivity contribution is -0.136. The quantitative estimate of drug-likeness (QED) is 0.577. The lowest BCUT2D eigenvalue weighted by Crippen LogP contribution is -2.56. The number of allylic oxidation sites excluding steroid dienone is 1. The van der Waals surface area contributed by atoms with Crippen molar-refractivity contribution in [2.75, 3.05) is 19.8 Å². The standard InChI is InChI=1S/C25H26N2O4/c1-2-21(28)22(29)15-24(30)27-13-14-31-16-23(27)26-25-19-9-5-3-7-17(19)11-12-18-8-4-6-10-20(18)25/h2-10,15,23,25-26,29H,1,11-14,16H2/b22-15-/t23-/m0/s1. The summed E-state index contributed by atoms with van der Waals surface area (Å²) in [6.07, 6.45) is 3.44. The Kier molecular flexibility index (Phi) is 6.30. The lowest BCUT2D eigenvalue weighted by atomic mass is 9.94. The molecule has 2 N–H and O–H groups in total. The van der Waals surface area contributed by atoms with E-state index in [-0.39, 0.29) is 6.04 Å². The van der Waals surface area contributed by atoms with E-state index in [0.29, 0.717) is 19.8 Å². The van der Waals surface area contributed by atoms with Crippen molar-refractivity contribution in [3.63, 3.8) is 0 Å². The second-order valence-corrected chi connectivity index (χ2v) is 7.72. The molecule has 1 aliphatic heterocycles. The summed E-state index contributed by atoms with van der Waals surface area (Å²) in [4.78, 5) is 26.0. The lowest BCUT2D eigenvalue weighted by Gasteiger charge is -2.38. The first-order valence-corrected chi connectivity index (χ1v) is 10.5. The molecule has 0 bridgehead atoms. The van der Waals surface area contributed by atoms with Crippen molar-refractivity contribution in [2.24, 2.45) is 0 Å². The molecule has 4 rings (SSSR count). The summed E-state index contributed by atoms with van der Waals surface area (Å²) in [7, 11) is 0. The summed E-state index contributed by atoms with van der Waals surface area (Å²) in [5, 5.41) is 13.5. The maximum Gasteiger partial charge on any atom is 0.251 e. The monoisotopic (exact) mass is 418 g/mol. The Hall–Kier alpha value is -3.22. The first kappa shape index (κ1) is 21.0. The number of amides is 1. The van der Waals surface area contributed by atoms with Crippen molar-refractivity contribution in [2.45, 2.75) is 25.0 Å². The summed E-state index contributed by atoms with van der Waals surface area (Å²) in [5.41, 5.74) is 4.93. The first-order chi connectivity index (χ1) is 15.1. The number of carbonyl (C=O) groups is 2. The number of fused-ring (bicyclic) bond motifs is 2. The Labute approximate surface area is 181 Å². The van der Waals surface area contributed by atoms with Gasteiger partial charge in [0.1, 0.15) is 6.17 Å². The molecule has 31 heavy (non-hydrogen) atoms. The molecule has 1 saturated heterocycles. The zero-order valence-corrected chi connectivity index (χ0v) is 17.3. The number of aliphatic hydroxyl groups is 1. The molecular formula is C25H26N2O4. The second-order valence-electron chi connectivity index (χ2n) is 7.72. The van der Waals surface area contributed by atoms with E-state index in [4.69, 9.17) is 4.74 Å². The SMILES string of the molecule is C=CC(=O)/C(O)=C/C(=O)N1CCOC[C@H]1NC1c2ccccc2CCc2ccccc21. The van der Waals surface area contributed by atoms with Gasteiger partial charge in [0, 0.05) is 12.6 Å². The smallest absolute Gasteiger partial charge is 0.251 e. The van der Waals surface area contributed by atoms with Crippen molar-refractivity contribution in [3.05, 3.63) is 95.3 Å². The Balaban J connectivity index is 1.66. The van der Waals surface area contributed by atoms with E-state index < -0.39 is 23.6 Å². The molecule has 0 aromatic heterocycles. The van der Waals surface area contributed by atoms with Gasteiger partial charge in [0.15, 0.2) is 5.76 Å². The van der Waals surface area contributed by atoms with Gasteiger partial charge >= 0.3 is 0 Å². The predicted octanol–water partition coefficient (Wildman–Crippen LogP) is 2.85. The molecule has 6 nitrogen and oxygen atoms in total. The molecule has 2 aromatic rings. The fraction of sp³-hybridized carbons (Fsp3) is 0.280. The van der Waals surface area contributed by atoms with Crippen LogP contribution in [0, 0.1) is 0 Å². The van der Waals surface area contributed by atoms with Gasteiger partial charge < -0.3 is 14.7 Å². The van der Waals surface area contributed by atoms with Crippen LogP contribution in [0.5, 0.6) is 0 Å². The maximum atomic E-state index is 12.8. The fourth-order valence-electron chi connectivity index (χ4n) is 4.28. The highest BCUT2D eigenvalue weighted by molar-refractivity contribution is 6.05. The number of carbonyl (C=O) groups excluding carboxylic acids is 2. The van der Waals surface area contributed by atoms with E-state index in [2.05, 4.69) is 48.3 Å². The van der Waals surface area contributed by atoms with Gasteiger partial charge in [0.05, 0.1) is 19.3 Å². The van der Waals surface area contributed by atoms with Crippen molar-refractivity contribution in [1.29, 1.82) is 0 Å². The van der Waals surface area contributed by atoms with E-state index in [1.165, 1.54) is 22.3 Å². The number of ether oxygens (including phenoxy) is 1. The zero-order chi connectivity index (χ0) is 21.8. The first-order valence-electron chi connectivity index (χ1n) is 10.5. The highest BCUT2D eigenvalue weighted by Gasteiger charge is 2.32. The third-order valence-corrected chi connectivity index (χ3v) is 5.86. The Morgan fingerprint density at radius 1 is 1.06 bits per heavy atom. The summed E-state index contributed by atoms with van der Waals surface area (Å²) >= 11 is 0. The molecular weight excluding hydrogens is 392 g/mol. The van der Waals surface area contributed by atoms with Crippen molar-refractivity contribution in [3.8, 4) is 0 Å². The van der Waals surface area contributed by atoms with E-state index in [1.54, 1.807) is 4.90 Å². The van der Waals surface area contributed by atoms with Crippen LogP contribution >= 0.6 is 0 Å². The summed E-state index contributed by atoms with van der Waals surface area (Å²) in [5.74, 6) is -1.74. The van der Waals surface area contributed by atoms with E-state index in [9.17, 15) is 14.7 Å². The van der Waals surface area contributed by atoms with Crippen molar-refractivity contribution < 1.29 is 19.4 Å². The molecule has 1 heterocycles. The summed E-state index contributed by atoms with van der Waals surface area (Å²) in [6, 6.07) is 16.6. The number of benzene rings is 2. The van der Waals surface area contributed by atoms with E-state index in [0.717, 1.165) is 25.0 Å². The van der Waals surface area contributed by atoms with E-state index in [1.807, 2.05) is 12.1 Å². The Morgan fingerprint density at radius 3 is 2.29 bits per heavy atom. The van der Waals surface area contributed by atoms with Gasteiger partial charge in [-0.15, -0.1) is 0 Å². The van der Waals surface area contributed by atoms with Gasteiger partial charge in [-0.25, -0.2) is 0 Å². The van der Waals surface area contributed by atoms with Crippen LogP contribution in [0.1, 0.15) is 28.3 Å². The number of nitrogens with one attached hydrogen (secondary N) is 1. The number of aryl methyl sites for hydroxylation is 2. The molecule has 0 spiro atoms. The zero-order valence-electron chi connectivity index (χ0n) is 17.3. The molecule has 1 atom stereocenters. The number of nitrogens with zero attached hydrogens (tertiary/aromatic N) is 1. The molecule has 1 amide bonds. The van der Waals surface area contributed by atoms with E-state index >= 15 is 0 Å². The van der Waals surface area contributed by atoms with Crippen LogP contribution in [0.2, 0.25) is 0 Å². The Bertz CT molecular complexity index is 982. The normalized spacial score (nSPS) is 19.2. The third-order valence-electron chi connectivity index (χ3n) is 5.86. The fourth-order valence-corrected chi connectivity index (χ4v) is 4.28. The van der Waals surface area contributed by atoms with Crippen LogP contribution in [-0.2, 0) is 27.2 Å². The molecule has 1 aliphatic carbocycles. The van der Waals surface area contributed by atoms with Crippen LogP contribution in [0.4, 0.5) is 0 Å². The minimum absolute atomic E-state index is 0.107. The van der Waals surface area contributed by atoms with Gasteiger partial charge in [0.25, 0.3) is 5.91 Å². The van der Waals surface area contributed by atoms with Gasteiger partial charge in [0.2, 0.25) is 5.78 Å². The predicted molar refractivity (Wildman–Crippen MR) is 118 cm³/mol. The van der Waals surface area contributed by atoms with Gasteiger partial charge in [-0.2, -0.15) is 0 Å². The highest BCUT2D eigenvalue weighted by atomic mass is 16.5. The minimum atomic E-state index is -0.683. The number of morpholine rings is 1. The van der Waals surface area contributed by atoms with Crippen LogP contribution in [-0.4, -0.2) is 47.6 Å². The molecule has 1 fully saturated rings. The average Bonchev–Trinajstić information content (AvgIpc) is 2.96. The summed E-state index contributed by atoms with van der Waals surface area (Å²) < 4.78 is 5.66. The average molecular weight is 418 g/mol. The van der Waals surface area contributed by atoms with Gasteiger partial charge in [-0.1, -0.05) is 55.1 Å². The molecule has 6 heteroatoms.